The first-order chi connectivity index (χ1) is 38.3. The number of halogens is 1. The molecule has 3 heterocycles. The molecule has 2 aromatic carbocycles. The number of benzene rings is 2. The molecule has 2 aliphatic heterocycles. The number of aliphatic hydroxyl groups excluding tert-OH is 2. The Labute approximate surface area is 477 Å². The second-order valence-corrected chi connectivity index (χ2v) is 22.0. The third kappa shape index (κ3) is 15.3. The van der Waals surface area contributed by atoms with Crippen LogP contribution in [0.1, 0.15) is 77.5 Å². The number of carbonyl (C=O) groups is 7. The summed E-state index contributed by atoms with van der Waals surface area (Å²) in [6.45, 7) is 7.67. The summed E-state index contributed by atoms with van der Waals surface area (Å²) in [5.41, 5.74) is 4.33. The van der Waals surface area contributed by atoms with Crippen molar-refractivity contribution in [2.45, 2.75) is 128 Å². The zero-order chi connectivity index (χ0) is 59.5. The number of methoxy groups -OCH3 is 2. The number of carbonyl (C=O) groups excluding carboxylic acids is 7. The van der Waals surface area contributed by atoms with Crippen LogP contribution in [0.3, 0.4) is 0 Å². The van der Waals surface area contributed by atoms with Gasteiger partial charge in [0.1, 0.15) is 35.1 Å². The van der Waals surface area contributed by atoms with Gasteiger partial charge in [0.05, 0.1) is 25.8 Å². The highest BCUT2D eigenvalue weighted by Gasteiger charge is 2.57. The number of hydrogen-bond donors (Lipinski definition) is 8. The van der Waals surface area contributed by atoms with Crippen LogP contribution in [-0.2, 0) is 62.5 Å². The lowest BCUT2D eigenvalue weighted by atomic mass is 9.53. The number of para-hydroxylation sites is 1. The van der Waals surface area contributed by atoms with Gasteiger partial charge in [-0.25, -0.2) is 14.6 Å². The zero-order valence-corrected chi connectivity index (χ0v) is 48.6. The van der Waals surface area contributed by atoms with E-state index in [9.17, 15) is 48.9 Å². The smallest absolute Gasteiger partial charge is 0.409 e. The topological polar surface area (TPSA) is 292 Å². The number of hydrazine groups is 1. The predicted octanol–water partition coefficient (Wildman–Crippen LogP) is 2.85. The highest BCUT2D eigenvalue weighted by Crippen LogP contribution is 2.56. The van der Waals surface area contributed by atoms with Crippen molar-refractivity contribution in [3.05, 3.63) is 82.5 Å². The lowest BCUT2D eigenvalue weighted by Crippen LogP contribution is -2.64. The molecule has 8 N–H and O–H groups in total. The number of amides is 6. The molecule has 6 amide bonds. The number of anilines is 1. The Kier molecular flexibility index (Phi) is 21.9. The maximum absolute atomic E-state index is 14.5. The number of alkyl carbamates (subject to hydrolysis) is 1. The van der Waals surface area contributed by atoms with E-state index in [0.717, 1.165) is 32.6 Å². The molecule has 1 saturated heterocycles. The molecule has 3 aromatic rings. The summed E-state index contributed by atoms with van der Waals surface area (Å²) in [5.74, 6) is -4.81. The van der Waals surface area contributed by atoms with Crippen LogP contribution in [0.15, 0.2) is 66.3 Å². The largest absolute Gasteiger partial charge is 0.495 e. The molecule has 1 aliphatic carbocycles. The van der Waals surface area contributed by atoms with E-state index in [1.807, 2.05) is 70.2 Å². The fraction of sp³-hybridized carbons (Fsp3) is 0.561. The van der Waals surface area contributed by atoms with Gasteiger partial charge in [-0.3, -0.25) is 34.7 Å². The molecule has 0 radical (unpaired) electrons. The maximum atomic E-state index is 14.5. The number of aryl methyl sites for hydroxylation is 1. The van der Waals surface area contributed by atoms with Crippen LogP contribution in [0, 0.1) is 17.3 Å². The van der Waals surface area contributed by atoms with Crippen molar-refractivity contribution in [3.8, 4) is 5.75 Å². The number of allylic oxidation sites excluding steroid dienone is 3. The summed E-state index contributed by atoms with van der Waals surface area (Å²) >= 11 is 6.85. The second kappa shape index (κ2) is 27.9. The van der Waals surface area contributed by atoms with E-state index in [1.54, 1.807) is 31.3 Å². The Hall–Kier alpha value is -6.60. The molecule has 2 fully saturated rings. The first-order valence-electron chi connectivity index (χ1n) is 27.2. The van der Waals surface area contributed by atoms with Crippen molar-refractivity contribution in [1.29, 1.82) is 0 Å². The summed E-state index contributed by atoms with van der Waals surface area (Å²) in [4.78, 5) is 96.3. The van der Waals surface area contributed by atoms with Crippen molar-refractivity contribution < 1.29 is 67.8 Å². The number of ether oxygens (including phenoxy) is 4. The standard InChI is InChI=1S/C57H80ClN9O14/c1-33-14-13-17-44(79-10)57(77)31-43(80-55(76)63-57)34(2)39-18-21-56(39,4)45(30-48(70)66(8)41-27-36(26-33)28-42(78-9)49(41)58)81-54(75)35(3)65(7)47(69)19-22-61-52(73)50(71)51(72)53(74)62-24-23-60-46(68)20-25-67-38(32-64(6)59-5)29-37-15-11-12-16-40(37)67/h11-17,27-29,34-35,39,43-45,50-51,59,71-72,77H,18-26,30-32H2,1-10H3,(H,60,68)(H,61,73)(H,62,74)(H,63,76)/b17-13+,33-14+/t34-,35-,39-,43-,44+,45-,50-,51+,56+,57-/m0/s1. The van der Waals surface area contributed by atoms with Crippen LogP contribution in [0.4, 0.5) is 10.5 Å². The Morgan fingerprint density at radius 1 is 0.988 bits per heavy atom. The van der Waals surface area contributed by atoms with Gasteiger partial charge in [0.25, 0.3) is 11.8 Å². The summed E-state index contributed by atoms with van der Waals surface area (Å²) in [7, 11) is 9.54. The van der Waals surface area contributed by atoms with Crippen molar-refractivity contribution in [2.75, 3.05) is 66.9 Å². The predicted molar refractivity (Wildman–Crippen MR) is 301 cm³/mol. The quantitative estimate of drug-likeness (QED) is 0.0459. The van der Waals surface area contributed by atoms with Crippen LogP contribution in [0.25, 0.3) is 10.9 Å². The summed E-state index contributed by atoms with van der Waals surface area (Å²) in [5, 5.41) is 46.1. The number of nitrogens with zero attached hydrogens (tertiary/aromatic N) is 4. The van der Waals surface area contributed by atoms with E-state index in [0.29, 0.717) is 43.8 Å². The molecular formula is C57H80ClN9O14. The fourth-order valence-corrected chi connectivity index (χ4v) is 11.2. The van der Waals surface area contributed by atoms with Crippen LogP contribution < -0.4 is 36.3 Å². The third-order valence-electron chi connectivity index (χ3n) is 16.2. The number of nitrogens with one attached hydrogen (secondary N) is 5. The minimum absolute atomic E-state index is 0.00783. The molecule has 81 heavy (non-hydrogen) atoms. The van der Waals surface area contributed by atoms with Gasteiger partial charge in [-0.05, 0) is 87.2 Å². The Morgan fingerprint density at radius 2 is 1.67 bits per heavy atom. The number of fused-ring (bicyclic) bond motifs is 6. The zero-order valence-electron chi connectivity index (χ0n) is 47.9. The molecule has 3 aliphatic rings. The normalized spacial score (nSPS) is 25.3. The first-order valence-corrected chi connectivity index (χ1v) is 27.5. The van der Waals surface area contributed by atoms with Crippen LogP contribution >= 0.6 is 11.6 Å². The van der Waals surface area contributed by atoms with Gasteiger partial charge >= 0.3 is 12.1 Å². The Morgan fingerprint density at radius 3 is 2.32 bits per heavy atom. The molecule has 4 bridgehead atoms. The highest BCUT2D eigenvalue weighted by molar-refractivity contribution is 6.35. The molecule has 1 aromatic heterocycles. The van der Waals surface area contributed by atoms with E-state index in [-0.39, 0.29) is 62.2 Å². The SMILES string of the molecule is CNN(C)Cc1cc2ccccc2n1CCC(=O)NCCNC(=O)[C@H](O)[C@H](O)C(=O)NCCC(=O)N(C)[C@@H](C)C(=O)O[C@H]1CC(=O)N(C)c2cc(cc(OC)c2Cl)C/C(C)=C/C=C/[C@@H](OC)[C@@]2(O)C[C@H](OC(=O)N2)[C@@H](C)[C@@H]2CC[C@@]12C. The average Bonchev–Trinajstić information content (AvgIpc) is 3.82. The van der Waals surface area contributed by atoms with E-state index in [2.05, 4.69) is 37.3 Å². The lowest BCUT2D eigenvalue weighted by Gasteiger charge is -2.55. The number of aromatic nitrogens is 1. The highest BCUT2D eigenvalue weighted by atomic mass is 35.5. The molecule has 444 valence electrons. The second-order valence-electron chi connectivity index (χ2n) is 21.6. The minimum Gasteiger partial charge on any atom is -0.495 e. The summed E-state index contributed by atoms with van der Waals surface area (Å²) < 4.78 is 25.5. The third-order valence-corrected chi connectivity index (χ3v) is 16.6. The van der Waals surface area contributed by atoms with Gasteiger partial charge in [-0.15, -0.1) is 0 Å². The molecule has 23 nitrogen and oxygen atoms in total. The molecule has 10 atom stereocenters. The number of likely N-dealkylation sites (N-methyl/N-ethyl adjacent to an activating group) is 1. The minimum atomic E-state index is -2.21. The lowest BCUT2D eigenvalue weighted by molar-refractivity contribution is -0.186. The van der Waals surface area contributed by atoms with Crippen LogP contribution in [-0.4, -0.2) is 176 Å². The fourth-order valence-electron chi connectivity index (χ4n) is 10.9. The molecular weight excluding hydrogens is 1070 g/mol. The van der Waals surface area contributed by atoms with E-state index >= 15 is 0 Å². The van der Waals surface area contributed by atoms with Gasteiger partial charge < -0.3 is 64.6 Å². The van der Waals surface area contributed by atoms with Crippen molar-refractivity contribution >= 4 is 69.8 Å². The Balaban J connectivity index is 1.05. The molecule has 0 unspecified atom stereocenters. The van der Waals surface area contributed by atoms with E-state index < -0.39 is 89.3 Å². The molecule has 1 saturated carbocycles. The maximum Gasteiger partial charge on any atom is 0.409 e. The van der Waals surface area contributed by atoms with Gasteiger partial charge in [-0.1, -0.05) is 67.4 Å². The van der Waals surface area contributed by atoms with Crippen LogP contribution in [0.2, 0.25) is 5.02 Å². The van der Waals surface area contributed by atoms with Gasteiger partial charge in [0.2, 0.25) is 17.7 Å². The molecule has 6 rings (SSSR count). The first kappa shape index (κ1) is 63.6. The van der Waals surface area contributed by atoms with Gasteiger partial charge in [0.15, 0.2) is 17.9 Å². The molecule has 0 spiro atoms. The summed E-state index contributed by atoms with van der Waals surface area (Å²) in [6, 6.07) is 12.3. The van der Waals surface area contributed by atoms with E-state index in [1.165, 1.54) is 33.1 Å². The molecule has 24 heteroatoms. The van der Waals surface area contributed by atoms with Gasteiger partial charge in [0, 0.05) is 90.3 Å². The summed E-state index contributed by atoms with van der Waals surface area (Å²) in [6.07, 6.45) is -1.99. The number of hydrogen-bond acceptors (Lipinski definition) is 16. The Bertz CT molecular complexity index is 2850. The number of aliphatic hydroxyl groups is 3. The van der Waals surface area contributed by atoms with Crippen LogP contribution in [0.5, 0.6) is 5.75 Å². The monoisotopic (exact) mass is 1150 g/mol. The number of rotatable bonds is 20. The van der Waals surface area contributed by atoms with Crippen molar-refractivity contribution in [3.63, 3.8) is 0 Å². The van der Waals surface area contributed by atoms with E-state index in [4.69, 9.17) is 30.5 Å². The van der Waals surface area contributed by atoms with Crippen molar-refractivity contribution in [2.24, 2.45) is 17.3 Å². The van der Waals surface area contributed by atoms with Gasteiger partial charge in [-0.2, -0.15) is 0 Å². The van der Waals surface area contributed by atoms with Crippen molar-refractivity contribution in [1.82, 2.24) is 41.2 Å². The average molecular weight is 1150 g/mol. The number of esters is 1.